The predicted octanol–water partition coefficient (Wildman–Crippen LogP) is 3.17. The molecule has 1 atom stereocenters. The molecule has 1 fully saturated rings. The molecule has 1 aliphatic heterocycles. The molecule has 1 unspecified atom stereocenters. The number of fused-ring (bicyclic) bond motifs is 1. The van der Waals surface area contributed by atoms with Crippen LogP contribution in [0.1, 0.15) is 48.2 Å². The fourth-order valence-corrected chi connectivity index (χ4v) is 4.99. The van der Waals surface area contributed by atoms with Gasteiger partial charge >= 0.3 is 5.69 Å². The molecule has 0 saturated carbocycles. The van der Waals surface area contributed by atoms with E-state index in [0.29, 0.717) is 28.8 Å². The SMILES string of the molecule is CC1CCN(C(C)Oc2ccc(C(=O)c3ccc(Cn4cnc5c4c(=O)n(C)c(=O)n5C)cc3)cc2)CC1. The summed E-state index contributed by atoms with van der Waals surface area (Å²) in [5.41, 5.74) is 1.97. The third kappa shape index (κ3) is 4.93. The van der Waals surface area contributed by atoms with Crippen molar-refractivity contribution >= 4 is 16.9 Å². The van der Waals surface area contributed by atoms with Crippen molar-refractivity contribution in [3.8, 4) is 5.75 Å². The van der Waals surface area contributed by atoms with Crippen LogP contribution in [0.2, 0.25) is 0 Å². The Morgan fingerprint density at radius 3 is 2.21 bits per heavy atom. The van der Waals surface area contributed by atoms with E-state index in [4.69, 9.17) is 4.74 Å². The molecule has 9 heteroatoms. The molecule has 0 radical (unpaired) electrons. The van der Waals surface area contributed by atoms with Crippen LogP contribution in [0.15, 0.2) is 64.4 Å². The number of carbonyl (C=O) groups is 1. The lowest BCUT2D eigenvalue weighted by molar-refractivity contribution is 0.0169. The third-order valence-electron chi connectivity index (χ3n) is 7.54. The second-order valence-electron chi connectivity index (χ2n) is 10.2. The summed E-state index contributed by atoms with van der Waals surface area (Å²) < 4.78 is 10.3. The van der Waals surface area contributed by atoms with E-state index >= 15 is 0 Å². The lowest BCUT2D eigenvalue weighted by Crippen LogP contribution is -2.42. The van der Waals surface area contributed by atoms with Crippen molar-refractivity contribution in [3.05, 3.63) is 92.4 Å². The van der Waals surface area contributed by atoms with Crippen LogP contribution >= 0.6 is 0 Å². The van der Waals surface area contributed by atoms with Crippen molar-refractivity contribution in [2.45, 2.75) is 39.5 Å². The molecule has 0 bridgehead atoms. The second kappa shape index (κ2) is 10.4. The van der Waals surface area contributed by atoms with E-state index in [9.17, 15) is 14.4 Å². The highest BCUT2D eigenvalue weighted by atomic mass is 16.5. The number of ether oxygens (including phenoxy) is 1. The lowest BCUT2D eigenvalue weighted by Gasteiger charge is -2.34. The van der Waals surface area contributed by atoms with E-state index in [1.54, 1.807) is 42.2 Å². The first-order valence-corrected chi connectivity index (χ1v) is 13.0. The van der Waals surface area contributed by atoms with Crippen LogP contribution in [0.5, 0.6) is 5.75 Å². The standard InChI is InChI=1S/C29H33N5O4/c1-19-13-15-33(16-14-19)20(2)38-24-11-9-23(10-12-24)26(35)22-7-5-21(6-8-22)17-34-18-30-27-25(34)28(36)32(4)29(37)31(27)3/h5-12,18-20H,13-17H2,1-4H3. The average Bonchev–Trinajstić information content (AvgIpc) is 3.35. The molecule has 9 nitrogen and oxygen atoms in total. The summed E-state index contributed by atoms with van der Waals surface area (Å²) in [4.78, 5) is 44.5. The minimum atomic E-state index is -0.415. The smallest absolute Gasteiger partial charge is 0.332 e. The molecule has 198 valence electrons. The number of imidazole rings is 1. The summed E-state index contributed by atoms with van der Waals surface area (Å²) in [5.74, 6) is 1.45. The fourth-order valence-electron chi connectivity index (χ4n) is 4.99. The number of aryl methyl sites for hydroxylation is 1. The number of piperidine rings is 1. The number of hydrogen-bond donors (Lipinski definition) is 0. The molecule has 1 saturated heterocycles. The maximum absolute atomic E-state index is 13.1. The third-order valence-corrected chi connectivity index (χ3v) is 7.54. The fraction of sp³-hybridized carbons (Fsp3) is 0.379. The summed E-state index contributed by atoms with van der Waals surface area (Å²) in [5, 5.41) is 0. The molecule has 0 aliphatic carbocycles. The van der Waals surface area contributed by atoms with Gasteiger partial charge in [-0.05, 0) is 55.5 Å². The van der Waals surface area contributed by atoms with Crippen molar-refractivity contribution in [1.29, 1.82) is 0 Å². The summed E-state index contributed by atoms with van der Waals surface area (Å²) in [6, 6.07) is 14.6. The Labute approximate surface area is 220 Å². The second-order valence-corrected chi connectivity index (χ2v) is 10.2. The zero-order chi connectivity index (χ0) is 27.0. The van der Waals surface area contributed by atoms with Gasteiger partial charge in [-0.25, -0.2) is 9.78 Å². The van der Waals surface area contributed by atoms with Gasteiger partial charge in [-0.3, -0.25) is 23.6 Å². The van der Waals surface area contributed by atoms with Crippen LogP contribution in [0, 0.1) is 5.92 Å². The van der Waals surface area contributed by atoms with Gasteiger partial charge in [0.05, 0.1) is 6.33 Å². The van der Waals surface area contributed by atoms with Gasteiger partial charge in [0.25, 0.3) is 5.56 Å². The van der Waals surface area contributed by atoms with E-state index in [1.165, 1.54) is 24.5 Å². The highest BCUT2D eigenvalue weighted by Crippen LogP contribution is 2.22. The molecule has 1 aliphatic rings. The number of ketones is 1. The van der Waals surface area contributed by atoms with Gasteiger partial charge in [0.2, 0.25) is 0 Å². The maximum atomic E-state index is 13.1. The number of aromatic nitrogens is 4. The Bertz CT molecular complexity index is 1570. The summed E-state index contributed by atoms with van der Waals surface area (Å²) in [6.07, 6.45) is 3.94. The lowest BCUT2D eigenvalue weighted by atomic mass is 9.99. The van der Waals surface area contributed by atoms with E-state index in [-0.39, 0.29) is 17.6 Å². The van der Waals surface area contributed by atoms with Crippen LogP contribution < -0.4 is 16.0 Å². The number of hydrogen-bond acceptors (Lipinski definition) is 6. The highest BCUT2D eigenvalue weighted by molar-refractivity contribution is 6.09. The zero-order valence-electron chi connectivity index (χ0n) is 22.3. The minimum absolute atomic E-state index is 0.00530. The molecule has 5 rings (SSSR count). The first-order chi connectivity index (χ1) is 18.2. The van der Waals surface area contributed by atoms with E-state index in [0.717, 1.165) is 34.9 Å². The Hall–Kier alpha value is -3.98. The molecule has 0 amide bonds. The van der Waals surface area contributed by atoms with Crippen molar-refractivity contribution in [3.63, 3.8) is 0 Å². The Kier molecular flexibility index (Phi) is 7.03. The molecule has 4 aromatic rings. The van der Waals surface area contributed by atoms with Crippen LogP contribution in [0.25, 0.3) is 11.2 Å². The Morgan fingerprint density at radius 2 is 1.58 bits per heavy atom. The van der Waals surface area contributed by atoms with Crippen LogP contribution in [-0.4, -0.2) is 48.7 Å². The van der Waals surface area contributed by atoms with Gasteiger partial charge in [-0.1, -0.05) is 31.2 Å². The summed E-state index contributed by atoms with van der Waals surface area (Å²) >= 11 is 0. The normalized spacial score (nSPS) is 15.6. The van der Waals surface area contributed by atoms with Crippen molar-refractivity contribution in [2.75, 3.05) is 13.1 Å². The Morgan fingerprint density at radius 1 is 0.974 bits per heavy atom. The number of rotatable bonds is 7. The van der Waals surface area contributed by atoms with Crippen LogP contribution in [0.3, 0.4) is 0 Å². The molecular formula is C29H33N5O4. The summed E-state index contributed by atoms with van der Waals surface area (Å²) in [7, 11) is 3.05. The maximum Gasteiger partial charge on any atom is 0.332 e. The van der Waals surface area contributed by atoms with Gasteiger partial charge in [0.15, 0.2) is 16.9 Å². The molecule has 0 N–H and O–H groups in total. The quantitative estimate of drug-likeness (QED) is 0.351. The van der Waals surface area contributed by atoms with Crippen molar-refractivity contribution in [1.82, 2.24) is 23.6 Å². The Balaban J connectivity index is 1.26. The number of likely N-dealkylation sites (tertiary alicyclic amines) is 1. The number of benzene rings is 2. The molecular weight excluding hydrogens is 482 g/mol. The molecule has 38 heavy (non-hydrogen) atoms. The molecule has 3 heterocycles. The van der Waals surface area contributed by atoms with Crippen molar-refractivity contribution < 1.29 is 9.53 Å². The van der Waals surface area contributed by atoms with E-state index < -0.39 is 5.69 Å². The van der Waals surface area contributed by atoms with Crippen LogP contribution in [-0.2, 0) is 20.6 Å². The monoisotopic (exact) mass is 515 g/mol. The average molecular weight is 516 g/mol. The summed E-state index contributed by atoms with van der Waals surface area (Å²) in [6.45, 7) is 6.84. The largest absolute Gasteiger partial charge is 0.475 e. The van der Waals surface area contributed by atoms with Gasteiger partial charge in [-0.15, -0.1) is 0 Å². The predicted molar refractivity (Wildman–Crippen MR) is 146 cm³/mol. The van der Waals surface area contributed by atoms with Crippen LogP contribution in [0.4, 0.5) is 0 Å². The first-order valence-electron chi connectivity index (χ1n) is 13.0. The van der Waals surface area contributed by atoms with E-state index in [1.807, 2.05) is 24.3 Å². The zero-order valence-corrected chi connectivity index (χ0v) is 22.3. The van der Waals surface area contributed by atoms with Gasteiger partial charge in [0.1, 0.15) is 12.0 Å². The molecule has 2 aromatic carbocycles. The first kappa shape index (κ1) is 25.7. The molecule has 2 aromatic heterocycles. The van der Waals surface area contributed by atoms with Gasteiger partial charge in [-0.2, -0.15) is 0 Å². The number of carbonyl (C=O) groups excluding carboxylic acids is 1. The van der Waals surface area contributed by atoms with Gasteiger partial charge in [0, 0.05) is 44.9 Å². The highest BCUT2D eigenvalue weighted by Gasteiger charge is 2.21. The minimum Gasteiger partial charge on any atom is -0.475 e. The van der Waals surface area contributed by atoms with Crippen molar-refractivity contribution in [2.24, 2.45) is 20.0 Å². The van der Waals surface area contributed by atoms with E-state index in [2.05, 4.69) is 23.7 Å². The number of nitrogens with zero attached hydrogens (tertiary/aromatic N) is 5. The topological polar surface area (TPSA) is 91.4 Å². The van der Waals surface area contributed by atoms with Gasteiger partial charge < -0.3 is 9.30 Å². The molecule has 0 spiro atoms.